The third kappa shape index (κ3) is 2.33. The monoisotopic (exact) mass is 333 g/mol. The Morgan fingerprint density at radius 2 is 1.92 bits per heavy atom. The van der Waals surface area contributed by atoms with Crippen molar-refractivity contribution in [2.24, 2.45) is 7.05 Å². The van der Waals surface area contributed by atoms with Crippen LogP contribution in [-0.4, -0.2) is 14.5 Å². The molecule has 2 aromatic rings. The SMILES string of the molecule is C#Cc1nc(C(C)(C)C)ccc1-c1nc(=O)c2c(n1C)C1CCC2C1. The van der Waals surface area contributed by atoms with E-state index < -0.39 is 0 Å². The van der Waals surface area contributed by atoms with Gasteiger partial charge in [0.25, 0.3) is 5.56 Å². The summed E-state index contributed by atoms with van der Waals surface area (Å²) in [6.45, 7) is 6.32. The molecule has 0 saturated heterocycles. The summed E-state index contributed by atoms with van der Waals surface area (Å²) >= 11 is 0. The largest absolute Gasteiger partial charge is 0.332 e. The van der Waals surface area contributed by atoms with Crippen LogP contribution < -0.4 is 5.56 Å². The Hall–Kier alpha value is -2.41. The van der Waals surface area contributed by atoms with E-state index in [9.17, 15) is 4.79 Å². The zero-order valence-corrected chi connectivity index (χ0v) is 15.3. The summed E-state index contributed by atoms with van der Waals surface area (Å²) in [6, 6.07) is 3.95. The normalized spacial score (nSPS) is 21.2. The molecule has 0 spiro atoms. The number of hydrogen-bond donors (Lipinski definition) is 0. The Kier molecular flexibility index (Phi) is 3.40. The molecule has 0 amide bonds. The molecule has 25 heavy (non-hydrogen) atoms. The summed E-state index contributed by atoms with van der Waals surface area (Å²) in [5.74, 6) is 4.20. The van der Waals surface area contributed by atoms with Crippen molar-refractivity contribution in [1.82, 2.24) is 14.5 Å². The number of aromatic nitrogens is 3. The molecule has 4 nitrogen and oxygen atoms in total. The van der Waals surface area contributed by atoms with Crippen LogP contribution >= 0.6 is 0 Å². The van der Waals surface area contributed by atoms with E-state index in [2.05, 4.69) is 41.2 Å². The average molecular weight is 333 g/mol. The van der Waals surface area contributed by atoms with Gasteiger partial charge < -0.3 is 4.57 Å². The molecular weight excluding hydrogens is 310 g/mol. The Morgan fingerprint density at radius 1 is 1.20 bits per heavy atom. The van der Waals surface area contributed by atoms with Crippen molar-refractivity contribution in [2.45, 2.75) is 57.3 Å². The summed E-state index contributed by atoms with van der Waals surface area (Å²) in [7, 11) is 2.00. The summed E-state index contributed by atoms with van der Waals surface area (Å²) in [5, 5.41) is 0. The highest BCUT2D eigenvalue weighted by Gasteiger charge is 2.41. The minimum atomic E-state index is -0.0850. The van der Waals surface area contributed by atoms with E-state index >= 15 is 0 Å². The van der Waals surface area contributed by atoms with Crippen LogP contribution in [0.3, 0.4) is 0 Å². The lowest BCUT2D eigenvalue weighted by Gasteiger charge is -2.22. The molecule has 128 valence electrons. The average Bonchev–Trinajstić information content (AvgIpc) is 3.18. The highest BCUT2D eigenvalue weighted by Crippen LogP contribution is 2.51. The number of pyridine rings is 1. The summed E-state index contributed by atoms with van der Waals surface area (Å²) < 4.78 is 2.08. The Balaban J connectivity index is 1.93. The maximum atomic E-state index is 12.7. The van der Waals surface area contributed by atoms with Gasteiger partial charge in [-0.3, -0.25) is 4.79 Å². The molecule has 2 unspecified atom stereocenters. The second-order valence-corrected chi connectivity index (χ2v) is 8.29. The quantitative estimate of drug-likeness (QED) is 0.751. The lowest BCUT2D eigenvalue weighted by Crippen LogP contribution is -2.24. The van der Waals surface area contributed by atoms with Crippen molar-refractivity contribution >= 4 is 0 Å². The van der Waals surface area contributed by atoms with Gasteiger partial charge in [0.05, 0.1) is 5.56 Å². The third-order valence-electron chi connectivity index (χ3n) is 5.66. The van der Waals surface area contributed by atoms with E-state index in [1.165, 1.54) is 0 Å². The summed E-state index contributed by atoms with van der Waals surface area (Å²) in [6.07, 6.45) is 9.10. The van der Waals surface area contributed by atoms with E-state index in [0.29, 0.717) is 23.4 Å². The van der Waals surface area contributed by atoms with Crippen LogP contribution in [0.4, 0.5) is 0 Å². The number of rotatable bonds is 1. The van der Waals surface area contributed by atoms with Crippen molar-refractivity contribution in [3.05, 3.63) is 45.1 Å². The molecule has 2 aromatic heterocycles. The van der Waals surface area contributed by atoms with Crippen molar-refractivity contribution < 1.29 is 0 Å². The topological polar surface area (TPSA) is 47.8 Å². The minimum absolute atomic E-state index is 0.0828. The molecular formula is C21H23N3O. The molecule has 2 atom stereocenters. The second kappa shape index (κ2) is 5.29. The van der Waals surface area contributed by atoms with E-state index in [0.717, 1.165) is 41.8 Å². The van der Waals surface area contributed by atoms with Gasteiger partial charge in [-0.05, 0) is 43.2 Å². The fourth-order valence-electron chi connectivity index (χ4n) is 4.41. The first kappa shape index (κ1) is 16.1. The fourth-order valence-corrected chi connectivity index (χ4v) is 4.41. The fraction of sp³-hybridized carbons (Fsp3) is 0.476. The highest BCUT2D eigenvalue weighted by molar-refractivity contribution is 5.64. The first-order valence-electron chi connectivity index (χ1n) is 8.90. The Bertz CT molecular complexity index is 972. The van der Waals surface area contributed by atoms with E-state index in [1.54, 1.807) is 0 Å². The maximum Gasteiger partial charge on any atom is 0.276 e. The first-order valence-corrected chi connectivity index (χ1v) is 8.90. The molecule has 2 heterocycles. The van der Waals surface area contributed by atoms with Crippen LogP contribution in [-0.2, 0) is 12.5 Å². The van der Waals surface area contributed by atoms with Crippen LogP contribution in [0.15, 0.2) is 16.9 Å². The van der Waals surface area contributed by atoms with Crippen LogP contribution in [0.5, 0.6) is 0 Å². The van der Waals surface area contributed by atoms with Gasteiger partial charge in [-0.25, -0.2) is 4.98 Å². The molecule has 0 radical (unpaired) electrons. The standard InChI is InChI=1S/C21H23N3O/c1-6-15-14(9-10-16(22-15)21(2,3)4)19-23-20(25)17-12-7-8-13(11-12)18(17)24(19)5/h1,9-10,12-13H,7-8,11H2,2-5H3. The molecule has 2 aliphatic rings. The van der Waals surface area contributed by atoms with Crippen molar-refractivity contribution in [3.63, 3.8) is 0 Å². The molecule has 2 bridgehead atoms. The zero-order chi connectivity index (χ0) is 17.9. The molecule has 1 saturated carbocycles. The molecule has 4 rings (SSSR count). The molecule has 1 fully saturated rings. The summed E-state index contributed by atoms with van der Waals surface area (Å²) in [5.41, 5.74) is 4.19. The Morgan fingerprint density at radius 3 is 2.60 bits per heavy atom. The molecule has 0 aromatic carbocycles. The Labute approximate surface area is 148 Å². The van der Waals surface area contributed by atoms with Gasteiger partial charge in [-0.1, -0.05) is 20.8 Å². The number of terminal acetylenes is 1. The molecule has 0 aliphatic heterocycles. The summed E-state index contributed by atoms with van der Waals surface area (Å²) in [4.78, 5) is 21.7. The predicted octanol–water partition coefficient (Wildman–Crippen LogP) is 3.49. The number of hydrogen-bond acceptors (Lipinski definition) is 3. The van der Waals surface area contributed by atoms with Crippen LogP contribution in [0.2, 0.25) is 0 Å². The molecule has 0 N–H and O–H groups in total. The number of nitrogens with zero attached hydrogens (tertiary/aromatic N) is 3. The molecule has 4 heteroatoms. The van der Waals surface area contributed by atoms with Gasteiger partial charge in [0.2, 0.25) is 0 Å². The van der Waals surface area contributed by atoms with Crippen molar-refractivity contribution in [1.29, 1.82) is 0 Å². The predicted molar refractivity (Wildman–Crippen MR) is 98.7 cm³/mol. The van der Waals surface area contributed by atoms with Gasteiger partial charge in [0, 0.05) is 35.3 Å². The van der Waals surface area contributed by atoms with Crippen LogP contribution in [0, 0.1) is 12.3 Å². The van der Waals surface area contributed by atoms with Gasteiger partial charge in [0.15, 0.2) is 0 Å². The first-order chi connectivity index (χ1) is 11.8. The zero-order valence-electron chi connectivity index (χ0n) is 15.3. The third-order valence-corrected chi connectivity index (χ3v) is 5.66. The second-order valence-electron chi connectivity index (χ2n) is 8.29. The van der Waals surface area contributed by atoms with Gasteiger partial charge in [-0.15, -0.1) is 6.42 Å². The molecule has 2 aliphatic carbocycles. The van der Waals surface area contributed by atoms with Crippen LogP contribution in [0.1, 0.15) is 74.5 Å². The van der Waals surface area contributed by atoms with Crippen molar-refractivity contribution in [3.8, 4) is 23.7 Å². The van der Waals surface area contributed by atoms with Gasteiger partial charge in [-0.2, -0.15) is 4.98 Å². The van der Waals surface area contributed by atoms with Gasteiger partial charge >= 0.3 is 0 Å². The smallest absolute Gasteiger partial charge is 0.276 e. The van der Waals surface area contributed by atoms with E-state index in [1.807, 2.05) is 19.2 Å². The maximum absolute atomic E-state index is 12.7. The van der Waals surface area contributed by atoms with Crippen LogP contribution in [0.25, 0.3) is 11.4 Å². The van der Waals surface area contributed by atoms with Gasteiger partial charge in [0.1, 0.15) is 11.5 Å². The van der Waals surface area contributed by atoms with Crippen molar-refractivity contribution in [2.75, 3.05) is 0 Å². The van der Waals surface area contributed by atoms with E-state index in [-0.39, 0.29) is 11.0 Å². The highest BCUT2D eigenvalue weighted by atomic mass is 16.1. The lowest BCUT2D eigenvalue weighted by atomic mass is 9.91. The minimum Gasteiger partial charge on any atom is -0.332 e. The number of fused-ring (bicyclic) bond motifs is 5. The van der Waals surface area contributed by atoms with E-state index in [4.69, 9.17) is 6.42 Å². The lowest BCUT2D eigenvalue weighted by molar-refractivity contribution is 0.568.